The number of nitrogens with zero attached hydrogens (tertiary/aromatic N) is 1. The number of benzene rings is 1. The van der Waals surface area contributed by atoms with E-state index in [9.17, 15) is 9.50 Å². The van der Waals surface area contributed by atoms with E-state index in [1.807, 2.05) is 13.8 Å². The maximum absolute atomic E-state index is 13.4. The molecule has 1 aliphatic rings. The van der Waals surface area contributed by atoms with Gasteiger partial charge in [-0.25, -0.2) is 4.39 Å². The van der Waals surface area contributed by atoms with E-state index in [0.717, 1.165) is 43.4 Å². The minimum atomic E-state index is -0.705. The van der Waals surface area contributed by atoms with E-state index in [1.54, 1.807) is 6.07 Å². The van der Waals surface area contributed by atoms with Gasteiger partial charge in [-0.15, -0.1) is 0 Å². The zero-order valence-corrected chi connectivity index (χ0v) is 13.2. The monoisotopic (exact) mass is 306 g/mol. The van der Waals surface area contributed by atoms with Crippen LogP contribution in [0.4, 0.5) is 4.39 Å². The van der Waals surface area contributed by atoms with Gasteiger partial charge >= 0.3 is 0 Å². The fraction of sp³-hybridized carbons (Fsp3) is 0.588. The van der Waals surface area contributed by atoms with Crippen LogP contribution in [0.25, 0.3) is 11.0 Å². The number of hydrogen-bond acceptors (Lipinski definition) is 4. The summed E-state index contributed by atoms with van der Waals surface area (Å²) in [7, 11) is 0. The molecule has 0 saturated carbocycles. The minimum absolute atomic E-state index is 0.117. The van der Waals surface area contributed by atoms with Crippen molar-refractivity contribution in [2.75, 3.05) is 13.1 Å². The summed E-state index contributed by atoms with van der Waals surface area (Å²) in [6.45, 7) is 5.50. The molecule has 22 heavy (non-hydrogen) atoms. The number of hydrogen-bond donors (Lipinski definition) is 2. The number of rotatable bonds is 4. The van der Waals surface area contributed by atoms with Gasteiger partial charge in [0.25, 0.3) is 0 Å². The number of nitrogens with one attached hydrogen (secondary N) is 1. The van der Waals surface area contributed by atoms with Gasteiger partial charge in [-0.1, -0.05) is 5.16 Å². The summed E-state index contributed by atoms with van der Waals surface area (Å²) in [6, 6.07) is 4.59. The van der Waals surface area contributed by atoms with Crippen molar-refractivity contribution in [1.29, 1.82) is 0 Å². The molecule has 1 aliphatic heterocycles. The van der Waals surface area contributed by atoms with E-state index in [0.29, 0.717) is 12.0 Å². The average Bonchev–Trinajstić information content (AvgIpc) is 2.89. The van der Waals surface area contributed by atoms with E-state index >= 15 is 0 Å². The van der Waals surface area contributed by atoms with Crippen molar-refractivity contribution in [3.8, 4) is 0 Å². The first kappa shape index (κ1) is 15.4. The molecule has 5 heteroatoms. The summed E-state index contributed by atoms with van der Waals surface area (Å²) < 4.78 is 18.7. The van der Waals surface area contributed by atoms with E-state index in [-0.39, 0.29) is 11.2 Å². The van der Waals surface area contributed by atoms with E-state index in [4.69, 9.17) is 4.52 Å². The fourth-order valence-corrected chi connectivity index (χ4v) is 3.35. The summed E-state index contributed by atoms with van der Waals surface area (Å²) in [4.78, 5) is 0. The van der Waals surface area contributed by atoms with Gasteiger partial charge < -0.3 is 14.9 Å². The van der Waals surface area contributed by atoms with Crippen LogP contribution in [0.5, 0.6) is 0 Å². The Hall–Kier alpha value is -1.46. The largest absolute Gasteiger partial charge is 0.390 e. The van der Waals surface area contributed by atoms with Gasteiger partial charge in [-0.3, -0.25) is 0 Å². The number of halogens is 1. The molecule has 0 aliphatic carbocycles. The van der Waals surface area contributed by atoms with Gasteiger partial charge in [-0.2, -0.15) is 0 Å². The highest BCUT2D eigenvalue weighted by atomic mass is 19.1. The highest BCUT2D eigenvalue weighted by molar-refractivity contribution is 5.80. The average molecular weight is 306 g/mol. The maximum atomic E-state index is 13.4. The molecular formula is C17H23FN2O2. The quantitative estimate of drug-likeness (QED) is 0.911. The third-order valence-electron chi connectivity index (χ3n) is 4.71. The van der Waals surface area contributed by atoms with Gasteiger partial charge in [0.15, 0.2) is 5.58 Å². The standard InChI is InChI=1S/C17H23FN2O2/c1-16(2,21)5-6-17(7-9-19-10-8-17)15-13-4-3-12(18)11-14(13)22-20-15/h3-4,11,19,21H,5-10H2,1-2H3. The highest BCUT2D eigenvalue weighted by Gasteiger charge is 2.39. The zero-order chi connectivity index (χ0) is 15.8. The number of piperidine rings is 1. The van der Waals surface area contributed by atoms with Crippen LogP contribution >= 0.6 is 0 Å². The first-order valence-electron chi connectivity index (χ1n) is 7.88. The molecule has 0 radical (unpaired) electrons. The van der Waals surface area contributed by atoms with Crippen molar-refractivity contribution in [2.45, 2.75) is 50.5 Å². The second-order valence-electron chi connectivity index (χ2n) is 7.01. The second-order valence-corrected chi connectivity index (χ2v) is 7.01. The van der Waals surface area contributed by atoms with Crippen LogP contribution in [0.15, 0.2) is 22.7 Å². The van der Waals surface area contributed by atoms with E-state index in [2.05, 4.69) is 10.5 Å². The third kappa shape index (κ3) is 3.01. The highest BCUT2D eigenvalue weighted by Crippen LogP contribution is 2.41. The van der Waals surface area contributed by atoms with Crippen molar-refractivity contribution in [3.63, 3.8) is 0 Å². The Bertz CT molecular complexity index is 654. The molecule has 0 bridgehead atoms. The molecule has 0 spiro atoms. The molecule has 0 atom stereocenters. The lowest BCUT2D eigenvalue weighted by atomic mass is 9.70. The molecule has 2 heterocycles. The second kappa shape index (κ2) is 5.63. The lowest BCUT2D eigenvalue weighted by Gasteiger charge is -2.37. The summed E-state index contributed by atoms with van der Waals surface area (Å²) in [5, 5.41) is 18.6. The Balaban J connectivity index is 2.00. The summed E-state index contributed by atoms with van der Waals surface area (Å²) in [5.74, 6) is -0.314. The Morgan fingerprint density at radius 2 is 2.09 bits per heavy atom. The Labute approximate surface area is 129 Å². The summed E-state index contributed by atoms with van der Waals surface area (Å²) >= 11 is 0. The van der Waals surface area contributed by atoms with E-state index < -0.39 is 5.60 Å². The lowest BCUT2D eigenvalue weighted by Crippen LogP contribution is -2.41. The van der Waals surface area contributed by atoms with Gasteiger partial charge in [0, 0.05) is 16.9 Å². The van der Waals surface area contributed by atoms with Crippen LogP contribution in [0.1, 0.15) is 45.2 Å². The number of fused-ring (bicyclic) bond motifs is 1. The Morgan fingerprint density at radius 3 is 2.77 bits per heavy atom. The molecule has 120 valence electrons. The first-order valence-corrected chi connectivity index (χ1v) is 7.88. The molecule has 0 amide bonds. The molecular weight excluding hydrogens is 283 g/mol. The van der Waals surface area contributed by atoms with E-state index in [1.165, 1.54) is 12.1 Å². The summed E-state index contributed by atoms with van der Waals surface area (Å²) in [6.07, 6.45) is 3.43. The molecule has 1 fully saturated rings. The molecule has 2 aromatic rings. The molecule has 0 unspecified atom stereocenters. The van der Waals surface area contributed by atoms with Crippen LogP contribution in [0.2, 0.25) is 0 Å². The Kier molecular flexibility index (Phi) is 3.95. The van der Waals surface area contributed by atoms with Crippen LogP contribution in [-0.4, -0.2) is 29.0 Å². The van der Waals surface area contributed by atoms with Crippen LogP contribution < -0.4 is 5.32 Å². The van der Waals surface area contributed by atoms with Crippen molar-refractivity contribution in [2.24, 2.45) is 0 Å². The molecule has 1 aromatic heterocycles. The maximum Gasteiger partial charge on any atom is 0.170 e. The van der Waals surface area contributed by atoms with Gasteiger partial charge in [0.1, 0.15) is 5.82 Å². The fourth-order valence-electron chi connectivity index (χ4n) is 3.35. The third-order valence-corrected chi connectivity index (χ3v) is 4.71. The lowest BCUT2D eigenvalue weighted by molar-refractivity contribution is 0.0569. The normalized spacial score (nSPS) is 18.7. The van der Waals surface area contributed by atoms with Crippen LogP contribution in [0.3, 0.4) is 0 Å². The van der Waals surface area contributed by atoms with Gasteiger partial charge in [0.2, 0.25) is 0 Å². The molecule has 3 rings (SSSR count). The smallest absolute Gasteiger partial charge is 0.170 e. The van der Waals surface area contributed by atoms with Crippen molar-refractivity contribution in [1.82, 2.24) is 10.5 Å². The predicted octanol–water partition coefficient (Wildman–Crippen LogP) is 3.14. The van der Waals surface area contributed by atoms with Crippen LogP contribution in [-0.2, 0) is 5.41 Å². The van der Waals surface area contributed by atoms with Gasteiger partial charge in [0.05, 0.1) is 11.3 Å². The van der Waals surface area contributed by atoms with Crippen molar-refractivity contribution >= 4 is 11.0 Å². The molecule has 1 saturated heterocycles. The molecule has 2 N–H and O–H groups in total. The SMILES string of the molecule is CC(C)(O)CCC1(c2noc3cc(F)ccc23)CCNCC1. The molecule has 4 nitrogen and oxygen atoms in total. The van der Waals surface area contributed by atoms with Crippen LogP contribution in [0, 0.1) is 5.82 Å². The summed E-state index contributed by atoms with van der Waals surface area (Å²) in [5.41, 5.74) is 0.585. The predicted molar refractivity (Wildman–Crippen MR) is 83.3 cm³/mol. The topological polar surface area (TPSA) is 58.3 Å². The van der Waals surface area contributed by atoms with Gasteiger partial charge in [-0.05, 0) is 64.8 Å². The Morgan fingerprint density at radius 1 is 1.36 bits per heavy atom. The van der Waals surface area contributed by atoms with Crippen molar-refractivity contribution in [3.05, 3.63) is 29.7 Å². The number of aromatic nitrogens is 1. The minimum Gasteiger partial charge on any atom is -0.390 e. The first-order chi connectivity index (χ1) is 10.4. The zero-order valence-electron chi connectivity index (χ0n) is 13.2. The molecule has 1 aromatic carbocycles. The van der Waals surface area contributed by atoms with Crippen molar-refractivity contribution < 1.29 is 14.0 Å². The number of aliphatic hydroxyl groups is 1.